The fraction of sp³-hybridized carbons (Fsp3) is 0.161. The molecular formula is C62H58Au2P2+2. The Kier molecular flexibility index (Phi) is 19.6. The van der Waals surface area contributed by atoms with Gasteiger partial charge in [0, 0.05) is 10.8 Å². The normalized spacial score (nSPS) is 13.4. The van der Waals surface area contributed by atoms with Crippen LogP contribution in [0, 0.1) is 24.7 Å². The number of rotatable bonds is 11. The van der Waals surface area contributed by atoms with Gasteiger partial charge in [0.15, 0.2) is 0 Å². The summed E-state index contributed by atoms with van der Waals surface area (Å²) in [5, 5.41) is 4.55. The van der Waals surface area contributed by atoms with Crippen LogP contribution in [-0.2, 0) is 55.6 Å². The molecule has 7 aromatic carbocycles. The van der Waals surface area contributed by atoms with Crippen LogP contribution in [-0.4, -0.2) is 12.3 Å². The van der Waals surface area contributed by atoms with Crippen molar-refractivity contribution in [2.45, 2.75) is 51.4 Å². The molecule has 0 aliphatic heterocycles. The summed E-state index contributed by atoms with van der Waals surface area (Å²) in [5.41, 5.74) is 12.3. The molecule has 0 bridgehead atoms. The monoisotopic (exact) mass is 1260 g/mol. The third-order valence-corrected chi connectivity index (χ3v) is 18.1. The van der Waals surface area contributed by atoms with Crippen molar-refractivity contribution in [1.82, 2.24) is 0 Å². The second kappa shape index (κ2) is 24.8. The van der Waals surface area contributed by atoms with E-state index < -0.39 is 15.8 Å². The first-order chi connectivity index (χ1) is 31.2. The molecule has 66 heavy (non-hydrogen) atoms. The molecule has 0 radical (unpaired) electrons. The van der Waals surface area contributed by atoms with Gasteiger partial charge in [0.25, 0.3) is 0 Å². The molecular weight excluding hydrogens is 1200 g/mol. The number of fused-ring (bicyclic) bond motifs is 6. The van der Waals surface area contributed by atoms with Crippen molar-refractivity contribution < 1.29 is 44.8 Å². The molecule has 2 aliphatic carbocycles. The summed E-state index contributed by atoms with van der Waals surface area (Å²) in [5.74, 6) is 7.37. The summed E-state index contributed by atoms with van der Waals surface area (Å²) >= 11 is 0. The summed E-state index contributed by atoms with van der Waals surface area (Å²) in [4.78, 5) is 0. The van der Waals surface area contributed by atoms with E-state index in [1.54, 1.807) is 0 Å². The van der Waals surface area contributed by atoms with Gasteiger partial charge >= 0.3 is 44.8 Å². The predicted molar refractivity (Wildman–Crippen MR) is 283 cm³/mol. The molecule has 0 aromatic heterocycles. The van der Waals surface area contributed by atoms with E-state index in [1.165, 1.54) is 85.6 Å². The van der Waals surface area contributed by atoms with Crippen LogP contribution in [0.4, 0.5) is 0 Å². The van der Waals surface area contributed by atoms with Crippen molar-refractivity contribution in [1.29, 1.82) is 0 Å². The van der Waals surface area contributed by atoms with E-state index in [9.17, 15) is 0 Å². The Balaban J connectivity index is 0.000000194. The summed E-state index contributed by atoms with van der Waals surface area (Å²) in [6.07, 6.45) is 27.8. The molecule has 7 aromatic rings. The average Bonchev–Trinajstić information content (AvgIpc) is 3.72. The van der Waals surface area contributed by atoms with Gasteiger partial charge in [0.1, 0.15) is 0 Å². The van der Waals surface area contributed by atoms with E-state index in [4.69, 9.17) is 12.8 Å². The molecule has 9 rings (SSSR count). The topological polar surface area (TPSA) is 0 Å². The minimum atomic E-state index is -0.714. The quantitative estimate of drug-likeness (QED) is 0.0302. The maximum Gasteiger partial charge on any atom is 1.00 e. The van der Waals surface area contributed by atoms with Gasteiger partial charge in [-0.25, -0.2) is 0 Å². The first-order valence-electron chi connectivity index (χ1n) is 22.4. The molecule has 0 fully saturated rings. The van der Waals surface area contributed by atoms with Crippen molar-refractivity contribution >= 4 is 31.8 Å². The Morgan fingerprint density at radius 1 is 0.455 bits per heavy atom. The van der Waals surface area contributed by atoms with Crippen LogP contribution in [0.2, 0.25) is 0 Å². The van der Waals surface area contributed by atoms with Crippen molar-refractivity contribution in [3.05, 3.63) is 259 Å². The van der Waals surface area contributed by atoms with Crippen LogP contribution in [0.3, 0.4) is 0 Å². The molecule has 2 aliphatic rings. The Morgan fingerprint density at radius 3 is 1.45 bits per heavy atom. The van der Waals surface area contributed by atoms with E-state index in [1.807, 2.05) is 24.3 Å². The van der Waals surface area contributed by atoms with Crippen LogP contribution in [0.15, 0.2) is 213 Å². The third kappa shape index (κ3) is 12.2. The Bertz CT molecular complexity index is 2780. The average molecular weight is 1260 g/mol. The Hall–Kier alpha value is -4.78. The van der Waals surface area contributed by atoms with E-state index in [0.717, 1.165) is 11.1 Å². The fourth-order valence-corrected chi connectivity index (χ4v) is 14.2. The molecule has 0 saturated heterocycles. The van der Waals surface area contributed by atoms with Crippen LogP contribution in [0.25, 0.3) is 22.3 Å². The molecule has 0 saturated carbocycles. The van der Waals surface area contributed by atoms with Crippen LogP contribution in [0.1, 0.15) is 73.9 Å². The van der Waals surface area contributed by atoms with Gasteiger partial charge in [-0.3, -0.25) is 11.8 Å². The first-order valence-corrected chi connectivity index (χ1v) is 25.8. The van der Waals surface area contributed by atoms with E-state index >= 15 is 0 Å². The minimum Gasteiger partial charge on any atom is -0.366 e. The SMILES string of the molecule is C=C/C=C\C=C\[PH+](CCCC[PH+](c1ccccc1)c1ccccc1)c1ccccc1.[Au+].[Au+].[C-]#Cc1ccc2c(c1)-c1ccccc1C2(C)C.[C-]#Cc1ccc2c(c1)C(C)(C)c1ccccc1-2. The van der Waals surface area contributed by atoms with Gasteiger partial charge in [-0.15, -0.1) is 35.4 Å². The fourth-order valence-electron chi connectivity index (χ4n) is 9.22. The van der Waals surface area contributed by atoms with E-state index in [-0.39, 0.29) is 55.6 Å². The summed E-state index contributed by atoms with van der Waals surface area (Å²) in [6, 6.07) is 62.7. The van der Waals surface area contributed by atoms with Gasteiger partial charge < -0.3 is 12.8 Å². The molecule has 0 N–H and O–H groups in total. The Morgan fingerprint density at radius 2 is 0.894 bits per heavy atom. The van der Waals surface area contributed by atoms with Crippen LogP contribution >= 0.6 is 15.8 Å². The largest absolute Gasteiger partial charge is 1.00 e. The maximum atomic E-state index is 7.25. The number of unbranched alkanes of at least 4 members (excludes halogenated alkanes) is 1. The minimum absolute atomic E-state index is 0. The van der Waals surface area contributed by atoms with Crippen LogP contribution < -0.4 is 15.9 Å². The summed E-state index contributed by atoms with van der Waals surface area (Å²) < 4.78 is 0. The second-order valence-corrected chi connectivity index (χ2v) is 22.5. The second-order valence-electron chi connectivity index (χ2n) is 17.4. The zero-order chi connectivity index (χ0) is 44.9. The van der Waals surface area contributed by atoms with Crippen molar-refractivity contribution in [2.75, 3.05) is 12.3 Å². The van der Waals surface area contributed by atoms with Gasteiger partial charge in [0.2, 0.25) is 0 Å². The molecule has 0 nitrogen and oxygen atoms in total. The molecule has 1 atom stereocenters. The molecule has 4 heteroatoms. The van der Waals surface area contributed by atoms with E-state index in [2.05, 4.69) is 228 Å². The number of hydrogen-bond donors (Lipinski definition) is 0. The van der Waals surface area contributed by atoms with Gasteiger partial charge in [-0.05, 0) is 99.8 Å². The maximum absolute atomic E-state index is 7.25. The van der Waals surface area contributed by atoms with Gasteiger partial charge in [-0.2, -0.15) is 0 Å². The van der Waals surface area contributed by atoms with Crippen molar-refractivity contribution in [3.63, 3.8) is 0 Å². The Labute approximate surface area is 429 Å². The van der Waals surface area contributed by atoms with Crippen molar-refractivity contribution in [2.24, 2.45) is 0 Å². The standard InChI is InChI=1S/C28H30P2.2C17H13.2Au/c1-2-3-4-14-23-29(26-17-8-5-9-18-26)24-15-16-25-30(27-19-10-6-11-20-27)28-21-12-7-13-22-28;1-4-12-9-10-16-14(11-12)13-7-5-6-8-15(13)17(16,2)3;1-4-12-9-10-14-13-7-5-6-8-15(13)17(2,3)16(14)11-12;;/h2-14,17-23H,1,15-16,24-25H2;2*5-11H,2-3H3;;/q;2*-1;2*+1/p+2/b4-3-,23-14+;;;;. The zero-order valence-corrected chi connectivity index (χ0v) is 44.6. The molecule has 0 heterocycles. The number of allylic oxidation sites excluding steroid dienone is 4. The predicted octanol–water partition coefficient (Wildman–Crippen LogP) is 14.3. The molecule has 336 valence electrons. The van der Waals surface area contributed by atoms with Gasteiger partial charge in [0.05, 0.1) is 49.9 Å². The van der Waals surface area contributed by atoms with Crippen molar-refractivity contribution in [3.8, 4) is 34.1 Å². The van der Waals surface area contributed by atoms with E-state index in [0.29, 0.717) is 0 Å². The first kappa shape index (κ1) is 52.2. The summed E-state index contributed by atoms with van der Waals surface area (Å²) in [7, 11) is -1.40. The smallest absolute Gasteiger partial charge is 0.366 e. The molecule has 1 unspecified atom stereocenters. The summed E-state index contributed by atoms with van der Waals surface area (Å²) in [6.45, 7) is 12.7. The number of hydrogen-bond acceptors (Lipinski definition) is 0. The molecule has 0 spiro atoms. The zero-order valence-electron chi connectivity index (χ0n) is 38.3. The molecule has 0 amide bonds. The van der Waals surface area contributed by atoms with Crippen LogP contribution in [0.5, 0.6) is 0 Å². The van der Waals surface area contributed by atoms with Gasteiger partial charge in [-0.1, -0.05) is 168 Å². The number of benzene rings is 7. The third-order valence-electron chi connectivity index (χ3n) is 12.6.